The van der Waals surface area contributed by atoms with E-state index >= 15 is 0 Å². The van der Waals surface area contributed by atoms with Crippen molar-refractivity contribution in [3.8, 4) is 0 Å². The largest absolute Gasteiger partial charge is 0.481 e. The van der Waals surface area contributed by atoms with Crippen LogP contribution in [0.25, 0.3) is 0 Å². The quantitative estimate of drug-likeness (QED) is 0.117. The third-order valence-electron chi connectivity index (χ3n) is 4.94. The van der Waals surface area contributed by atoms with Crippen LogP contribution in [-0.4, -0.2) is 97.2 Å². The van der Waals surface area contributed by atoms with Crippen LogP contribution in [0.4, 0.5) is 0 Å². The SMILES string of the molecule is CSCCC(NC(=O)C(Cc1cnc[nH]1)NC(=O)C(CCC(=O)O)NC(=O)C(N)C(C)O)C(=O)O. The van der Waals surface area contributed by atoms with Gasteiger partial charge in [0.25, 0.3) is 0 Å². The second-order valence-electron chi connectivity index (χ2n) is 7.78. The molecule has 1 aromatic rings. The van der Waals surface area contributed by atoms with Gasteiger partial charge in [0.05, 0.1) is 12.4 Å². The highest BCUT2D eigenvalue weighted by Gasteiger charge is 2.31. The first-order valence-electron chi connectivity index (χ1n) is 10.7. The van der Waals surface area contributed by atoms with Crippen molar-refractivity contribution in [2.75, 3.05) is 12.0 Å². The molecule has 35 heavy (non-hydrogen) atoms. The highest BCUT2D eigenvalue weighted by atomic mass is 32.2. The number of carboxylic acids is 2. The van der Waals surface area contributed by atoms with E-state index in [1.54, 1.807) is 6.26 Å². The van der Waals surface area contributed by atoms with Gasteiger partial charge in [-0.2, -0.15) is 11.8 Å². The first kappa shape index (κ1) is 29.9. The maximum atomic E-state index is 13.0. The Kier molecular flexibility index (Phi) is 12.8. The van der Waals surface area contributed by atoms with Crippen molar-refractivity contribution in [3.05, 3.63) is 18.2 Å². The van der Waals surface area contributed by atoms with E-state index in [2.05, 4.69) is 25.9 Å². The molecular formula is C20H32N6O8S. The number of hydrogen-bond acceptors (Lipinski definition) is 9. The number of rotatable bonds is 16. The van der Waals surface area contributed by atoms with Crippen molar-refractivity contribution in [1.29, 1.82) is 0 Å². The molecule has 5 atom stereocenters. The minimum atomic E-state index is -1.38. The van der Waals surface area contributed by atoms with Crippen LogP contribution in [0.1, 0.15) is 31.9 Å². The Hall–Kier alpha value is -3.17. The molecule has 0 radical (unpaired) electrons. The fraction of sp³-hybridized carbons (Fsp3) is 0.600. The number of aromatic amines is 1. The molecule has 0 fully saturated rings. The Morgan fingerprint density at radius 1 is 1.03 bits per heavy atom. The number of aliphatic hydroxyl groups is 1. The first-order chi connectivity index (χ1) is 16.5. The average Bonchev–Trinajstić information content (AvgIpc) is 3.30. The summed E-state index contributed by atoms with van der Waals surface area (Å²) in [6.07, 6.45) is 2.61. The summed E-state index contributed by atoms with van der Waals surface area (Å²) < 4.78 is 0. The van der Waals surface area contributed by atoms with E-state index in [1.165, 1.54) is 31.2 Å². The average molecular weight is 517 g/mol. The molecule has 0 aliphatic carbocycles. The van der Waals surface area contributed by atoms with Gasteiger partial charge in [0.2, 0.25) is 17.7 Å². The van der Waals surface area contributed by atoms with Crippen LogP contribution in [0.2, 0.25) is 0 Å². The number of aliphatic carboxylic acids is 2. The van der Waals surface area contributed by atoms with Gasteiger partial charge in [-0.15, -0.1) is 0 Å². The highest BCUT2D eigenvalue weighted by molar-refractivity contribution is 7.98. The third-order valence-corrected chi connectivity index (χ3v) is 5.58. The molecule has 9 N–H and O–H groups in total. The maximum absolute atomic E-state index is 13.0. The Bertz CT molecular complexity index is 866. The number of carbonyl (C=O) groups excluding carboxylic acids is 3. The number of carbonyl (C=O) groups is 5. The van der Waals surface area contributed by atoms with Gasteiger partial charge in [0, 0.05) is 24.7 Å². The topological polar surface area (TPSA) is 237 Å². The zero-order valence-electron chi connectivity index (χ0n) is 19.4. The standard InChI is InChI=1S/C20H32N6O8S/c1-10(27)16(21)19(32)24-12(3-4-15(28)29)17(30)26-14(7-11-8-22-9-23-11)18(31)25-13(20(33)34)5-6-35-2/h8-10,12-14,16,27H,3-7,21H2,1-2H3,(H,22,23)(H,24,32)(H,25,31)(H,26,30)(H,28,29)(H,33,34). The van der Waals surface area contributed by atoms with E-state index < -0.39 is 66.4 Å². The Balaban J connectivity index is 3.07. The van der Waals surface area contributed by atoms with Crippen molar-refractivity contribution in [2.45, 2.75) is 62.9 Å². The lowest BCUT2D eigenvalue weighted by molar-refractivity contribution is -0.142. The number of aromatic nitrogens is 2. The fourth-order valence-electron chi connectivity index (χ4n) is 2.89. The number of nitrogens with one attached hydrogen (secondary N) is 4. The Morgan fingerprint density at radius 2 is 1.63 bits per heavy atom. The van der Waals surface area contributed by atoms with Gasteiger partial charge >= 0.3 is 11.9 Å². The fourth-order valence-corrected chi connectivity index (χ4v) is 3.36. The molecule has 1 heterocycles. The molecule has 0 aliphatic heterocycles. The summed E-state index contributed by atoms with van der Waals surface area (Å²) in [5.41, 5.74) is 6.05. The lowest BCUT2D eigenvalue weighted by Gasteiger charge is -2.25. The molecule has 0 aliphatic rings. The summed E-state index contributed by atoms with van der Waals surface area (Å²) in [6, 6.07) is -5.21. The lowest BCUT2D eigenvalue weighted by Crippen LogP contribution is -2.58. The van der Waals surface area contributed by atoms with Crippen molar-refractivity contribution in [3.63, 3.8) is 0 Å². The molecule has 0 aromatic carbocycles. The smallest absolute Gasteiger partial charge is 0.326 e. The van der Waals surface area contributed by atoms with Crippen molar-refractivity contribution >= 4 is 41.4 Å². The maximum Gasteiger partial charge on any atom is 0.326 e. The minimum absolute atomic E-state index is 0.0841. The van der Waals surface area contributed by atoms with Gasteiger partial charge < -0.3 is 42.0 Å². The van der Waals surface area contributed by atoms with Gasteiger partial charge in [0.15, 0.2) is 0 Å². The molecular weight excluding hydrogens is 484 g/mol. The second kappa shape index (κ2) is 15.0. The first-order valence-corrected chi connectivity index (χ1v) is 12.1. The van der Waals surface area contributed by atoms with Crippen molar-refractivity contribution < 1.29 is 39.3 Å². The summed E-state index contributed by atoms with van der Waals surface area (Å²) in [6.45, 7) is 1.28. The number of carboxylic acid groups (broad SMARTS) is 2. The van der Waals surface area contributed by atoms with E-state index in [-0.39, 0.29) is 19.3 Å². The third kappa shape index (κ3) is 10.7. The van der Waals surface area contributed by atoms with E-state index in [0.717, 1.165) is 0 Å². The molecule has 0 spiro atoms. The van der Waals surface area contributed by atoms with E-state index in [1.807, 2.05) is 0 Å². The van der Waals surface area contributed by atoms with Gasteiger partial charge in [-0.05, 0) is 31.8 Å². The summed E-state index contributed by atoms with van der Waals surface area (Å²) in [4.78, 5) is 67.3. The van der Waals surface area contributed by atoms with Crippen LogP contribution >= 0.6 is 11.8 Å². The highest BCUT2D eigenvalue weighted by Crippen LogP contribution is 2.06. The molecule has 1 aromatic heterocycles. The summed E-state index contributed by atoms with van der Waals surface area (Å²) in [5.74, 6) is -4.54. The zero-order chi connectivity index (χ0) is 26.5. The molecule has 0 bridgehead atoms. The van der Waals surface area contributed by atoms with Crippen LogP contribution in [0.15, 0.2) is 12.5 Å². The lowest BCUT2D eigenvalue weighted by atomic mass is 10.1. The van der Waals surface area contributed by atoms with Crippen LogP contribution < -0.4 is 21.7 Å². The van der Waals surface area contributed by atoms with Gasteiger partial charge in [0.1, 0.15) is 24.2 Å². The number of hydrogen-bond donors (Lipinski definition) is 8. The second-order valence-corrected chi connectivity index (χ2v) is 8.77. The number of thioether (sulfide) groups is 1. The number of amides is 3. The molecule has 0 saturated carbocycles. The summed E-state index contributed by atoms with van der Waals surface area (Å²) >= 11 is 1.41. The van der Waals surface area contributed by atoms with Crippen LogP contribution in [0.3, 0.4) is 0 Å². The molecule has 0 saturated heterocycles. The van der Waals surface area contributed by atoms with E-state index in [4.69, 9.17) is 10.8 Å². The molecule has 1 rings (SSSR count). The van der Waals surface area contributed by atoms with Crippen molar-refractivity contribution in [2.24, 2.45) is 5.73 Å². The summed E-state index contributed by atoms with van der Waals surface area (Å²) in [5, 5.41) is 35.1. The molecule has 14 nitrogen and oxygen atoms in total. The predicted octanol–water partition coefficient (Wildman–Crippen LogP) is -2.18. The molecule has 15 heteroatoms. The number of nitrogens with zero attached hydrogens (tertiary/aromatic N) is 1. The van der Waals surface area contributed by atoms with Crippen LogP contribution in [0.5, 0.6) is 0 Å². The van der Waals surface area contributed by atoms with Gasteiger partial charge in [-0.3, -0.25) is 19.2 Å². The Morgan fingerprint density at radius 3 is 2.14 bits per heavy atom. The predicted molar refractivity (Wildman–Crippen MR) is 125 cm³/mol. The molecule has 196 valence electrons. The number of nitrogens with two attached hydrogens (primary N) is 1. The molecule has 3 amide bonds. The van der Waals surface area contributed by atoms with E-state index in [9.17, 15) is 34.2 Å². The summed E-state index contributed by atoms with van der Waals surface area (Å²) in [7, 11) is 0. The van der Waals surface area contributed by atoms with Crippen LogP contribution in [-0.2, 0) is 30.4 Å². The van der Waals surface area contributed by atoms with Gasteiger partial charge in [-0.1, -0.05) is 0 Å². The van der Waals surface area contributed by atoms with Gasteiger partial charge in [-0.25, -0.2) is 9.78 Å². The number of H-pyrrole nitrogens is 1. The Labute approximate surface area is 205 Å². The monoisotopic (exact) mass is 516 g/mol. The zero-order valence-corrected chi connectivity index (χ0v) is 20.2. The molecule has 5 unspecified atom stereocenters. The van der Waals surface area contributed by atoms with E-state index in [0.29, 0.717) is 11.4 Å². The number of imidazole rings is 1. The number of aliphatic hydroxyl groups excluding tert-OH is 1. The minimum Gasteiger partial charge on any atom is -0.481 e. The van der Waals surface area contributed by atoms with Crippen LogP contribution in [0, 0.1) is 0 Å². The normalized spacial score (nSPS) is 15.2. The van der Waals surface area contributed by atoms with Crippen molar-refractivity contribution in [1.82, 2.24) is 25.9 Å².